The van der Waals surface area contributed by atoms with Gasteiger partial charge in [-0.15, -0.1) is 24.0 Å². The van der Waals surface area contributed by atoms with Gasteiger partial charge in [-0.1, -0.05) is 25.1 Å². The summed E-state index contributed by atoms with van der Waals surface area (Å²) >= 11 is 0. The summed E-state index contributed by atoms with van der Waals surface area (Å²) in [5, 5.41) is 6.88. The van der Waals surface area contributed by atoms with Crippen LogP contribution >= 0.6 is 24.0 Å². The van der Waals surface area contributed by atoms with Crippen LogP contribution in [0.1, 0.15) is 65.0 Å². The van der Waals surface area contributed by atoms with Gasteiger partial charge in [0.1, 0.15) is 11.4 Å². The molecule has 2 heterocycles. The maximum Gasteiger partial charge on any atom is 0.224 e. The molecule has 1 aromatic carbocycles. The van der Waals surface area contributed by atoms with Crippen LogP contribution in [-0.2, 0) is 4.79 Å². The van der Waals surface area contributed by atoms with Crippen molar-refractivity contribution in [3.05, 3.63) is 29.8 Å². The number of fused-ring (bicyclic) bond motifs is 1. The fourth-order valence-corrected chi connectivity index (χ4v) is 4.25. The molecule has 2 aliphatic heterocycles. The van der Waals surface area contributed by atoms with E-state index >= 15 is 0 Å². The topological polar surface area (TPSA) is 66.0 Å². The van der Waals surface area contributed by atoms with E-state index in [0.29, 0.717) is 18.9 Å². The SMILES string of the molecule is CCNC(=NCCC(=O)N1CCCC(C)C1)NC1CC(C)(C)Oc2ccccc21.I. The molecule has 1 fully saturated rings. The first-order valence-electron chi connectivity index (χ1n) is 11.0. The van der Waals surface area contributed by atoms with E-state index in [2.05, 4.69) is 49.4 Å². The second kappa shape index (κ2) is 11.2. The maximum atomic E-state index is 12.5. The molecule has 30 heavy (non-hydrogen) atoms. The average Bonchev–Trinajstić information content (AvgIpc) is 2.67. The number of guanidine groups is 1. The van der Waals surface area contributed by atoms with Crippen molar-refractivity contribution in [2.24, 2.45) is 10.9 Å². The van der Waals surface area contributed by atoms with Crippen LogP contribution < -0.4 is 15.4 Å². The highest BCUT2D eigenvalue weighted by atomic mass is 127. The predicted octanol–water partition coefficient (Wildman–Crippen LogP) is 4.11. The summed E-state index contributed by atoms with van der Waals surface area (Å²) in [6.07, 6.45) is 3.64. The fourth-order valence-electron chi connectivity index (χ4n) is 4.25. The lowest BCUT2D eigenvalue weighted by molar-refractivity contribution is -0.132. The Morgan fingerprint density at radius 1 is 1.33 bits per heavy atom. The van der Waals surface area contributed by atoms with E-state index in [9.17, 15) is 4.79 Å². The summed E-state index contributed by atoms with van der Waals surface area (Å²) in [4.78, 5) is 19.2. The van der Waals surface area contributed by atoms with Gasteiger partial charge in [0.25, 0.3) is 0 Å². The molecule has 1 saturated heterocycles. The van der Waals surface area contributed by atoms with E-state index in [1.807, 2.05) is 23.1 Å². The Morgan fingerprint density at radius 3 is 2.83 bits per heavy atom. The quantitative estimate of drug-likeness (QED) is 0.343. The number of carbonyl (C=O) groups is 1. The van der Waals surface area contributed by atoms with Gasteiger partial charge in [0.15, 0.2) is 5.96 Å². The molecular formula is C23H37IN4O2. The van der Waals surface area contributed by atoms with Crippen LogP contribution in [-0.4, -0.2) is 48.5 Å². The highest BCUT2D eigenvalue weighted by Gasteiger charge is 2.34. The second-order valence-electron chi connectivity index (χ2n) is 8.90. The third-order valence-corrected chi connectivity index (χ3v) is 5.64. The van der Waals surface area contributed by atoms with Gasteiger partial charge in [-0.25, -0.2) is 0 Å². The molecular weight excluding hydrogens is 491 g/mol. The Hall–Kier alpha value is -1.51. The standard InChI is InChI=1S/C23H36N4O2.HI/c1-5-24-22(25-13-12-21(28)27-14-8-9-17(2)16-27)26-19-15-23(3,4)29-20-11-7-6-10-18(19)20;/h6-7,10-11,17,19H,5,8-9,12-16H2,1-4H3,(H2,24,25,26);1H. The number of likely N-dealkylation sites (tertiary alicyclic amines) is 1. The smallest absolute Gasteiger partial charge is 0.224 e. The monoisotopic (exact) mass is 528 g/mol. The summed E-state index contributed by atoms with van der Waals surface area (Å²) in [6.45, 7) is 11.5. The van der Waals surface area contributed by atoms with Crippen LogP contribution in [0.5, 0.6) is 5.75 Å². The van der Waals surface area contributed by atoms with E-state index in [4.69, 9.17) is 4.74 Å². The maximum absolute atomic E-state index is 12.5. The van der Waals surface area contributed by atoms with Crippen molar-refractivity contribution in [2.75, 3.05) is 26.2 Å². The number of carbonyl (C=O) groups excluding carboxylic acids is 1. The molecule has 0 spiro atoms. The zero-order valence-corrected chi connectivity index (χ0v) is 21.1. The molecule has 0 radical (unpaired) electrons. The summed E-state index contributed by atoms with van der Waals surface area (Å²) in [5.74, 6) is 2.50. The fraction of sp³-hybridized carbons (Fsp3) is 0.652. The Labute approximate surface area is 198 Å². The molecule has 7 heteroatoms. The number of ether oxygens (including phenoxy) is 1. The first-order chi connectivity index (χ1) is 13.9. The van der Waals surface area contributed by atoms with Crippen molar-refractivity contribution in [3.8, 4) is 5.75 Å². The van der Waals surface area contributed by atoms with Gasteiger partial charge in [0.05, 0.1) is 12.6 Å². The molecule has 0 aliphatic carbocycles. The summed E-state index contributed by atoms with van der Waals surface area (Å²) in [5.41, 5.74) is 0.903. The van der Waals surface area contributed by atoms with Gasteiger partial charge in [-0.05, 0) is 45.6 Å². The Kier molecular flexibility index (Phi) is 9.25. The number of nitrogens with one attached hydrogen (secondary N) is 2. The van der Waals surface area contributed by atoms with Crippen LogP contribution in [0.15, 0.2) is 29.3 Å². The first kappa shape index (κ1) is 24.8. The van der Waals surface area contributed by atoms with Crippen molar-refractivity contribution < 1.29 is 9.53 Å². The lowest BCUT2D eigenvalue weighted by atomic mass is 9.90. The molecule has 2 aliphatic rings. The zero-order chi connectivity index (χ0) is 20.9. The van der Waals surface area contributed by atoms with Crippen molar-refractivity contribution >= 4 is 35.8 Å². The Balaban J connectivity index is 0.00000320. The number of hydrogen-bond acceptors (Lipinski definition) is 3. The van der Waals surface area contributed by atoms with Crippen LogP contribution in [0.4, 0.5) is 0 Å². The number of rotatable bonds is 5. The number of para-hydroxylation sites is 1. The van der Waals surface area contributed by atoms with E-state index in [-0.39, 0.29) is 41.5 Å². The number of benzene rings is 1. The molecule has 3 rings (SSSR count). The number of halogens is 1. The number of piperidine rings is 1. The normalized spacial score (nSPS) is 22.9. The van der Waals surface area contributed by atoms with Crippen LogP contribution in [0, 0.1) is 5.92 Å². The lowest BCUT2D eigenvalue weighted by Gasteiger charge is -2.38. The predicted molar refractivity (Wildman–Crippen MR) is 133 cm³/mol. The minimum atomic E-state index is -0.246. The van der Waals surface area contributed by atoms with E-state index in [1.54, 1.807) is 0 Å². The molecule has 1 amide bonds. The van der Waals surface area contributed by atoms with Crippen molar-refractivity contribution in [3.63, 3.8) is 0 Å². The number of nitrogens with zero attached hydrogens (tertiary/aromatic N) is 2. The molecule has 2 N–H and O–H groups in total. The Bertz CT molecular complexity index is 738. The van der Waals surface area contributed by atoms with Gasteiger partial charge in [-0.2, -0.15) is 0 Å². The van der Waals surface area contributed by atoms with Crippen molar-refractivity contribution in [1.29, 1.82) is 0 Å². The minimum absolute atomic E-state index is 0. The summed E-state index contributed by atoms with van der Waals surface area (Å²) in [6, 6.07) is 8.29. The summed E-state index contributed by atoms with van der Waals surface area (Å²) in [7, 11) is 0. The third-order valence-electron chi connectivity index (χ3n) is 5.64. The molecule has 0 saturated carbocycles. The molecule has 6 nitrogen and oxygen atoms in total. The van der Waals surface area contributed by atoms with Crippen molar-refractivity contribution in [2.45, 2.75) is 65.0 Å². The van der Waals surface area contributed by atoms with Gasteiger partial charge in [0, 0.05) is 38.0 Å². The molecule has 2 atom stereocenters. The highest BCUT2D eigenvalue weighted by molar-refractivity contribution is 14.0. The Morgan fingerprint density at radius 2 is 2.10 bits per heavy atom. The van der Waals surface area contributed by atoms with Gasteiger partial charge < -0.3 is 20.3 Å². The zero-order valence-electron chi connectivity index (χ0n) is 18.7. The number of hydrogen-bond donors (Lipinski definition) is 2. The number of amides is 1. The van der Waals surface area contributed by atoms with Gasteiger partial charge in [-0.3, -0.25) is 9.79 Å². The average molecular weight is 528 g/mol. The molecule has 2 unspecified atom stereocenters. The molecule has 0 aromatic heterocycles. The highest BCUT2D eigenvalue weighted by Crippen LogP contribution is 2.39. The molecule has 0 bridgehead atoms. The largest absolute Gasteiger partial charge is 0.487 e. The van der Waals surface area contributed by atoms with Gasteiger partial charge in [0.2, 0.25) is 5.91 Å². The number of aliphatic imine (C=N–C) groups is 1. The molecule has 1 aromatic rings. The van der Waals surface area contributed by atoms with E-state index < -0.39 is 0 Å². The van der Waals surface area contributed by atoms with Crippen molar-refractivity contribution in [1.82, 2.24) is 15.5 Å². The van der Waals surface area contributed by atoms with E-state index in [0.717, 1.165) is 49.7 Å². The third kappa shape index (κ3) is 6.75. The van der Waals surface area contributed by atoms with Gasteiger partial charge >= 0.3 is 0 Å². The first-order valence-corrected chi connectivity index (χ1v) is 11.0. The molecule has 168 valence electrons. The summed E-state index contributed by atoms with van der Waals surface area (Å²) < 4.78 is 6.13. The van der Waals surface area contributed by atoms with E-state index in [1.165, 1.54) is 6.42 Å². The minimum Gasteiger partial charge on any atom is -0.487 e. The van der Waals surface area contributed by atoms with Crippen LogP contribution in [0.2, 0.25) is 0 Å². The lowest BCUT2D eigenvalue weighted by Crippen LogP contribution is -2.45. The van der Waals surface area contributed by atoms with Crippen LogP contribution in [0.3, 0.4) is 0 Å². The second-order valence-corrected chi connectivity index (χ2v) is 8.90. The van der Waals surface area contributed by atoms with Crippen LogP contribution in [0.25, 0.3) is 0 Å².